The number of ether oxygens (including phenoxy) is 2. The third-order valence-electron chi connectivity index (χ3n) is 4.95. The third-order valence-corrected chi connectivity index (χ3v) is 5.77. The van der Waals surface area contributed by atoms with E-state index in [0.29, 0.717) is 16.5 Å². The summed E-state index contributed by atoms with van der Waals surface area (Å²) < 4.78 is 106. The first-order valence-corrected chi connectivity index (χ1v) is 12.9. The van der Waals surface area contributed by atoms with E-state index in [1.807, 2.05) is 30.5 Å². The Bertz CT molecular complexity index is 1650. The van der Waals surface area contributed by atoms with Crippen LogP contribution in [0, 0.1) is 0 Å². The summed E-state index contributed by atoms with van der Waals surface area (Å²) in [6.07, 6.45) is -2.80. The zero-order valence-corrected chi connectivity index (χ0v) is 21.8. The van der Waals surface area contributed by atoms with Crippen molar-refractivity contribution < 1.29 is 48.8 Å². The molecular weight excluding hydrogens is 590 g/mol. The molecule has 0 radical (unpaired) electrons. The van der Waals surface area contributed by atoms with E-state index < -0.39 is 22.0 Å². The molecule has 15 heteroatoms. The average Bonchev–Trinajstić information content (AvgIpc) is 2.83. The van der Waals surface area contributed by atoms with Gasteiger partial charge in [0.25, 0.3) is 0 Å². The van der Waals surface area contributed by atoms with E-state index in [1.54, 1.807) is 30.3 Å². The first-order valence-electron chi connectivity index (χ1n) is 11.1. The summed E-state index contributed by atoms with van der Waals surface area (Å²) in [6.45, 7) is 2.86. The number of fused-ring (bicyclic) bond motifs is 1. The number of aryl methyl sites for hydroxylation is 1. The smallest absolute Gasteiger partial charge is 0.457 e. The lowest BCUT2D eigenvalue weighted by Gasteiger charge is -2.11. The molecule has 1 N–H and O–H groups in total. The Morgan fingerprint density at radius 3 is 2.10 bits per heavy atom. The maximum atomic E-state index is 12.4. The summed E-state index contributed by atoms with van der Waals surface area (Å²) in [7, 11) is -5.84. The van der Waals surface area contributed by atoms with Crippen LogP contribution in [0.1, 0.15) is 6.92 Å². The van der Waals surface area contributed by atoms with E-state index in [2.05, 4.69) is 16.2 Å². The number of aromatic nitrogens is 1. The number of alkyl halides is 6. The summed E-state index contributed by atoms with van der Waals surface area (Å²) in [5.74, 6) is 0.343. The number of nitrogens with zero attached hydrogens (tertiary/aromatic N) is 2. The highest BCUT2D eigenvalue weighted by Gasteiger charge is 2.44. The highest BCUT2D eigenvalue weighted by molar-refractivity contribution is 7.86. The number of halogens is 7. The summed E-state index contributed by atoms with van der Waals surface area (Å²) >= 11 is 6.16. The summed E-state index contributed by atoms with van der Waals surface area (Å²) in [5, 5.41) is 2.43. The molecule has 7 nitrogen and oxygen atoms in total. The van der Waals surface area contributed by atoms with Gasteiger partial charge in [-0.2, -0.15) is 21.6 Å². The molecule has 0 atom stereocenters. The van der Waals surface area contributed by atoms with Gasteiger partial charge in [0.05, 0.1) is 16.6 Å². The molecule has 0 saturated heterocycles. The van der Waals surface area contributed by atoms with E-state index in [-0.39, 0.29) is 11.5 Å². The minimum atomic E-state index is -5.84. The Kier molecular flexibility index (Phi) is 9.38. The summed E-state index contributed by atoms with van der Waals surface area (Å²) in [6, 6.07) is 19.9. The normalized spacial score (nSPS) is 12.6. The zero-order valence-electron chi connectivity index (χ0n) is 20.2. The molecule has 214 valence electrons. The van der Waals surface area contributed by atoms with Gasteiger partial charge in [0.1, 0.15) is 17.2 Å². The van der Waals surface area contributed by atoms with Gasteiger partial charge in [0.15, 0.2) is 0 Å². The molecule has 4 rings (SSSR count). The molecule has 0 unspecified atom stereocenters. The van der Waals surface area contributed by atoms with Crippen molar-refractivity contribution in [2.24, 2.45) is 4.99 Å². The van der Waals surface area contributed by atoms with Crippen molar-refractivity contribution in [2.75, 3.05) is 0 Å². The van der Waals surface area contributed by atoms with Gasteiger partial charge in [-0.1, -0.05) is 17.7 Å². The van der Waals surface area contributed by atoms with Crippen LogP contribution in [0.2, 0.25) is 5.02 Å². The van der Waals surface area contributed by atoms with Crippen LogP contribution in [-0.4, -0.2) is 29.4 Å². The van der Waals surface area contributed by atoms with Crippen LogP contribution < -0.4 is 14.8 Å². The van der Waals surface area contributed by atoms with Crippen LogP contribution in [0.5, 0.6) is 17.2 Å². The Morgan fingerprint density at radius 1 is 0.900 bits per heavy atom. The topological polar surface area (TPSA) is 90.1 Å². The zero-order chi connectivity index (χ0) is 29.7. The SMILES string of the molecule is CCn1ccc(=Nc2ccc(Oc3cccc(OC(F)(F)F)c3)cc2)c2ccc(Cl)cc21.O=S(=O)(O)C(F)(F)F. The minimum Gasteiger partial charge on any atom is -0.457 e. The number of hydrogen-bond donors (Lipinski definition) is 1. The van der Waals surface area contributed by atoms with Gasteiger partial charge >= 0.3 is 22.0 Å². The fourth-order valence-corrected chi connectivity index (χ4v) is 3.43. The predicted octanol–water partition coefficient (Wildman–Crippen LogP) is 7.63. The maximum Gasteiger partial charge on any atom is 0.573 e. The molecular formula is C25H19ClF6N2O5S. The van der Waals surface area contributed by atoms with E-state index in [4.69, 9.17) is 34.3 Å². The van der Waals surface area contributed by atoms with E-state index in [1.165, 1.54) is 18.2 Å². The summed E-state index contributed by atoms with van der Waals surface area (Å²) in [4.78, 5) is 4.72. The number of rotatable bonds is 5. The Labute approximate surface area is 228 Å². The van der Waals surface area contributed by atoms with Crippen molar-refractivity contribution >= 4 is 38.3 Å². The highest BCUT2D eigenvalue weighted by Crippen LogP contribution is 2.29. The number of hydrogen-bond acceptors (Lipinski definition) is 5. The fourth-order valence-electron chi connectivity index (χ4n) is 3.26. The Morgan fingerprint density at radius 2 is 1.52 bits per heavy atom. The molecule has 0 saturated carbocycles. The standard InChI is InChI=1S/C24H18ClF3N2O2.CHF3O3S/c1-2-30-13-12-22(21-11-6-16(25)14-23(21)30)29-17-7-9-18(10-8-17)31-19-4-3-5-20(15-19)32-24(26,27)28;2-1(3,4)8(5,6)7/h3-15H,2H2,1H3;(H,5,6,7). The van der Waals surface area contributed by atoms with Crippen molar-refractivity contribution in [3.8, 4) is 17.2 Å². The largest absolute Gasteiger partial charge is 0.573 e. The highest BCUT2D eigenvalue weighted by atomic mass is 35.5. The number of pyridine rings is 1. The van der Waals surface area contributed by atoms with Gasteiger partial charge in [-0.15, -0.1) is 13.2 Å². The van der Waals surface area contributed by atoms with Crippen LogP contribution in [0.25, 0.3) is 10.9 Å². The molecule has 0 aliphatic heterocycles. The van der Waals surface area contributed by atoms with Crippen molar-refractivity contribution in [3.05, 3.63) is 89.4 Å². The van der Waals surface area contributed by atoms with E-state index in [9.17, 15) is 26.3 Å². The predicted molar refractivity (Wildman–Crippen MR) is 135 cm³/mol. The van der Waals surface area contributed by atoms with Gasteiger partial charge in [0.2, 0.25) is 0 Å². The van der Waals surface area contributed by atoms with E-state index >= 15 is 0 Å². The molecule has 0 bridgehead atoms. The van der Waals surface area contributed by atoms with Gasteiger partial charge in [0, 0.05) is 29.2 Å². The average molecular weight is 609 g/mol. The molecule has 3 aromatic carbocycles. The molecule has 1 aromatic heterocycles. The summed E-state index contributed by atoms with van der Waals surface area (Å²) in [5.41, 5.74) is -3.84. The Balaban J connectivity index is 0.000000482. The monoisotopic (exact) mass is 608 g/mol. The second-order valence-electron chi connectivity index (χ2n) is 7.80. The lowest BCUT2D eigenvalue weighted by molar-refractivity contribution is -0.274. The second-order valence-corrected chi connectivity index (χ2v) is 9.65. The van der Waals surface area contributed by atoms with Crippen LogP contribution >= 0.6 is 11.6 Å². The molecule has 0 aliphatic carbocycles. The first kappa shape index (κ1) is 30.8. The minimum absolute atomic E-state index is 0.228. The molecule has 0 spiro atoms. The van der Waals surface area contributed by atoms with Crippen molar-refractivity contribution in [2.45, 2.75) is 25.3 Å². The van der Waals surface area contributed by atoms with E-state index in [0.717, 1.165) is 22.8 Å². The van der Waals surface area contributed by atoms with Gasteiger partial charge < -0.3 is 14.0 Å². The number of benzene rings is 3. The quantitative estimate of drug-likeness (QED) is 0.143. The molecule has 40 heavy (non-hydrogen) atoms. The lowest BCUT2D eigenvalue weighted by atomic mass is 10.2. The Hall–Kier alpha value is -3.75. The van der Waals surface area contributed by atoms with Gasteiger partial charge in [-0.3, -0.25) is 4.55 Å². The lowest BCUT2D eigenvalue weighted by Crippen LogP contribution is -2.21. The molecule has 4 aromatic rings. The first-order chi connectivity index (χ1) is 18.6. The maximum absolute atomic E-state index is 12.4. The fraction of sp³-hybridized carbons (Fsp3) is 0.160. The molecule has 0 aliphatic rings. The van der Waals surface area contributed by atoms with Crippen molar-refractivity contribution in [1.82, 2.24) is 4.57 Å². The van der Waals surface area contributed by atoms with Crippen LogP contribution in [0.3, 0.4) is 0 Å². The third kappa shape index (κ3) is 8.63. The van der Waals surface area contributed by atoms with Crippen LogP contribution in [0.15, 0.2) is 84.0 Å². The van der Waals surface area contributed by atoms with Crippen molar-refractivity contribution in [1.29, 1.82) is 0 Å². The van der Waals surface area contributed by atoms with Crippen LogP contribution in [0.4, 0.5) is 32.0 Å². The molecule has 1 heterocycles. The van der Waals surface area contributed by atoms with Gasteiger partial charge in [-0.05, 0) is 67.6 Å². The molecule has 0 amide bonds. The van der Waals surface area contributed by atoms with Crippen molar-refractivity contribution in [3.63, 3.8) is 0 Å². The molecule has 0 fully saturated rings. The van der Waals surface area contributed by atoms with Gasteiger partial charge in [-0.25, -0.2) is 4.99 Å². The van der Waals surface area contributed by atoms with Crippen LogP contribution in [-0.2, 0) is 16.7 Å². The second kappa shape index (κ2) is 12.2.